The number of rotatable bonds is 8. The molecule has 1 aliphatic heterocycles. The van der Waals surface area contributed by atoms with E-state index in [0.717, 1.165) is 19.3 Å². The minimum Gasteiger partial charge on any atom is -0.489 e. The highest BCUT2D eigenvalue weighted by Crippen LogP contribution is 2.31. The maximum absolute atomic E-state index is 13.1. The lowest BCUT2D eigenvalue weighted by molar-refractivity contribution is 0.102. The normalized spacial score (nSPS) is 15.0. The Hall–Kier alpha value is -2.65. The van der Waals surface area contributed by atoms with Gasteiger partial charge in [-0.3, -0.25) is 4.79 Å². The SMILES string of the molecule is CCOc1ncccc1C(=O)Nc1cc(S(=O)(=O)N2CCCCC2)ccc1OC(C)C. The largest absolute Gasteiger partial charge is 0.489 e. The van der Waals surface area contributed by atoms with Crippen molar-refractivity contribution >= 4 is 21.6 Å². The van der Waals surface area contributed by atoms with Gasteiger partial charge in [-0.2, -0.15) is 4.31 Å². The third-order valence-corrected chi connectivity index (χ3v) is 6.71. The van der Waals surface area contributed by atoms with Crippen LogP contribution in [0.3, 0.4) is 0 Å². The number of pyridine rings is 1. The fourth-order valence-electron chi connectivity index (χ4n) is 3.38. The lowest BCUT2D eigenvalue weighted by Gasteiger charge is -2.26. The van der Waals surface area contributed by atoms with Crippen molar-refractivity contribution in [3.63, 3.8) is 0 Å². The van der Waals surface area contributed by atoms with Gasteiger partial charge in [0.05, 0.1) is 23.3 Å². The Kier molecular flexibility index (Phi) is 7.50. The molecule has 1 aliphatic rings. The number of benzene rings is 1. The van der Waals surface area contributed by atoms with Gasteiger partial charge in [-0.05, 0) is 63.9 Å². The van der Waals surface area contributed by atoms with Gasteiger partial charge in [0.2, 0.25) is 15.9 Å². The molecule has 1 fully saturated rings. The molecule has 168 valence electrons. The highest BCUT2D eigenvalue weighted by atomic mass is 32.2. The summed E-state index contributed by atoms with van der Waals surface area (Å²) in [6.45, 7) is 6.89. The molecule has 2 aromatic rings. The predicted octanol–water partition coefficient (Wildman–Crippen LogP) is 3.69. The first-order chi connectivity index (χ1) is 14.8. The molecule has 0 spiro atoms. The van der Waals surface area contributed by atoms with Crippen LogP contribution in [0.1, 0.15) is 50.4 Å². The smallest absolute Gasteiger partial charge is 0.261 e. The maximum atomic E-state index is 13.1. The average molecular weight is 448 g/mol. The number of piperidine rings is 1. The van der Waals surface area contributed by atoms with Gasteiger partial charge in [0.15, 0.2) is 0 Å². The molecule has 3 rings (SSSR count). The number of amides is 1. The molecule has 0 atom stereocenters. The number of nitrogens with one attached hydrogen (secondary N) is 1. The van der Waals surface area contributed by atoms with Gasteiger partial charge in [0, 0.05) is 19.3 Å². The topological polar surface area (TPSA) is 97.8 Å². The summed E-state index contributed by atoms with van der Waals surface area (Å²) in [7, 11) is -3.66. The van der Waals surface area contributed by atoms with Crippen LogP contribution in [0.2, 0.25) is 0 Å². The lowest BCUT2D eigenvalue weighted by Crippen LogP contribution is -2.35. The highest BCUT2D eigenvalue weighted by Gasteiger charge is 2.27. The molecule has 31 heavy (non-hydrogen) atoms. The van der Waals surface area contributed by atoms with Crippen LogP contribution in [0.25, 0.3) is 0 Å². The van der Waals surface area contributed by atoms with E-state index >= 15 is 0 Å². The Labute approximate surface area is 183 Å². The summed E-state index contributed by atoms with van der Waals surface area (Å²) in [6.07, 6.45) is 4.11. The molecule has 2 heterocycles. The van der Waals surface area contributed by atoms with E-state index in [2.05, 4.69) is 10.3 Å². The van der Waals surface area contributed by atoms with Crippen LogP contribution in [0.4, 0.5) is 5.69 Å². The second kappa shape index (κ2) is 10.1. The summed E-state index contributed by atoms with van der Waals surface area (Å²) >= 11 is 0. The quantitative estimate of drug-likeness (QED) is 0.663. The summed E-state index contributed by atoms with van der Waals surface area (Å²) < 4.78 is 39.0. The molecule has 0 bridgehead atoms. The highest BCUT2D eigenvalue weighted by molar-refractivity contribution is 7.89. The van der Waals surface area contributed by atoms with Crippen molar-refractivity contribution in [2.24, 2.45) is 0 Å². The standard InChI is InChI=1S/C22H29N3O5S/c1-4-29-22-18(9-8-12-23-22)21(26)24-19-15-17(10-11-20(19)30-16(2)3)31(27,28)25-13-6-5-7-14-25/h8-12,15-16H,4-7,13-14H2,1-3H3,(H,24,26). The van der Waals surface area contributed by atoms with Crippen LogP contribution in [0.5, 0.6) is 11.6 Å². The van der Waals surface area contributed by atoms with Crippen LogP contribution in [-0.2, 0) is 10.0 Å². The molecular formula is C22H29N3O5S. The monoisotopic (exact) mass is 447 g/mol. The molecule has 8 nitrogen and oxygen atoms in total. The Bertz CT molecular complexity index is 1020. The fourth-order valence-corrected chi connectivity index (χ4v) is 4.93. The van der Waals surface area contributed by atoms with Crippen molar-refractivity contribution in [3.8, 4) is 11.6 Å². The van der Waals surface area contributed by atoms with Crippen LogP contribution in [0, 0.1) is 0 Å². The van der Waals surface area contributed by atoms with Crippen LogP contribution in [-0.4, -0.2) is 49.4 Å². The van der Waals surface area contributed by atoms with Gasteiger partial charge in [0.25, 0.3) is 5.91 Å². The van der Waals surface area contributed by atoms with Crippen LogP contribution in [0.15, 0.2) is 41.4 Å². The van der Waals surface area contributed by atoms with E-state index in [1.54, 1.807) is 31.3 Å². The van der Waals surface area contributed by atoms with Crippen molar-refractivity contribution in [1.82, 2.24) is 9.29 Å². The first kappa shape index (κ1) is 23.0. The number of carbonyl (C=O) groups excluding carboxylic acids is 1. The summed E-state index contributed by atoms with van der Waals surface area (Å²) in [5.41, 5.74) is 0.534. The van der Waals surface area contributed by atoms with Gasteiger partial charge >= 0.3 is 0 Å². The first-order valence-electron chi connectivity index (χ1n) is 10.5. The zero-order chi connectivity index (χ0) is 22.4. The number of hydrogen-bond donors (Lipinski definition) is 1. The zero-order valence-electron chi connectivity index (χ0n) is 18.1. The molecule has 9 heteroatoms. The third kappa shape index (κ3) is 5.54. The molecular weight excluding hydrogens is 418 g/mol. The van der Waals surface area contributed by atoms with Crippen molar-refractivity contribution in [1.29, 1.82) is 0 Å². The molecule has 0 unspecified atom stereocenters. The van der Waals surface area contributed by atoms with Crippen molar-refractivity contribution in [3.05, 3.63) is 42.1 Å². The number of anilines is 1. The average Bonchev–Trinajstić information content (AvgIpc) is 2.75. The number of nitrogens with zero attached hydrogens (tertiary/aromatic N) is 2. The zero-order valence-corrected chi connectivity index (χ0v) is 18.9. The second-order valence-electron chi connectivity index (χ2n) is 7.53. The molecule has 1 saturated heterocycles. The van der Waals surface area contributed by atoms with Gasteiger partial charge in [-0.25, -0.2) is 13.4 Å². The predicted molar refractivity (Wildman–Crippen MR) is 118 cm³/mol. The van der Waals surface area contributed by atoms with Crippen molar-refractivity contribution in [2.45, 2.75) is 51.0 Å². The van der Waals surface area contributed by atoms with E-state index in [4.69, 9.17) is 9.47 Å². The molecule has 1 aromatic heterocycles. The number of aromatic nitrogens is 1. The minimum absolute atomic E-state index is 0.122. The van der Waals surface area contributed by atoms with E-state index in [-0.39, 0.29) is 28.1 Å². The van der Waals surface area contributed by atoms with Crippen molar-refractivity contribution < 1.29 is 22.7 Å². The number of hydrogen-bond acceptors (Lipinski definition) is 6. The summed E-state index contributed by atoms with van der Waals surface area (Å²) in [5.74, 6) is 0.145. The van der Waals surface area contributed by atoms with Crippen LogP contribution < -0.4 is 14.8 Å². The van der Waals surface area contributed by atoms with E-state index in [9.17, 15) is 13.2 Å². The van der Waals surface area contributed by atoms with Crippen molar-refractivity contribution in [2.75, 3.05) is 25.0 Å². The molecule has 0 aliphatic carbocycles. The molecule has 1 aromatic carbocycles. The Balaban J connectivity index is 1.95. The van der Waals surface area contributed by atoms with E-state index < -0.39 is 15.9 Å². The minimum atomic E-state index is -3.66. The Morgan fingerprint density at radius 2 is 1.94 bits per heavy atom. The second-order valence-corrected chi connectivity index (χ2v) is 9.47. The van der Waals surface area contributed by atoms with Crippen LogP contribution >= 0.6 is 0 Å². The number of sulfonamides is 1. The van der Waals surface area contributed by atoms with E-state index in [1.807, 2.05) is 13.8 Å². The molecule has 0 saturated carbocycles. The third-order valence-electron chi connectivity index (χ3n) is 4.81. The van der Waals surface area contributed by atoms with E-state index in [0.29, 0.717) is 25.4 Å². The fraction of sp³-hybridized carbons (Fsp3) is 0.455. The number of carbonyl (C=O) groups is 1. The Morgan fingerprint density at radius 1 is 1.19 bits per heavy atom. The van der Waals surface area contributed by atoms with Gasteiger partial charge in [-0.15, -0.1) is 0 Å². The first-order valence-corrected chi connectivity index (χ1v) is 12.0. The number of ether oxygens (including phenoxy) is 2. The van der Waals surface area contributed by atoms with Gasteiger partial charge in [0.1, 0.15) is 11.3 Å². The summed E-state index contributed by atoms with van der Waals surface area (Å²) in [4.78, 5) is 17.2. The Morgan fingerprint density at radius 3 is 2.61 bits per heavy atom. The van der Waals surface area contributed by atoms with Gasteiger partial charge in [-0.1, -0.05) is 6.42 Å². The lowest BCUT2D eigenvalue weighted by atomic mass is 10.2. The molecule has 1 N–H and O–H groups in total. The summed E-state index contributed by atoms with van der Waals surface area (Å²) in [6, 6.07) is 7.80. The van der Waals surface area contributed by atoms with Gasteiger partial charge < -0.3 is 14.8 Å². The van der Waals surface area contributed by atoms with E-state index in [1.165, 1.54) is 16.4 Å². The molecule has 1 amide bonds. The summed E-state index contributed by atoms with van der Waals surface area (Å²) in [5, 5.41) is 2.78. The molecule has 0 radical (unpaired) electrons. The maximum Gasteiger partial charge on any atom is 0.261 e.